The molecular formula is C20H19N5O. The van der Waals surface area contributed by atoms with E-state index in [0.29, 0.717) is 18.3 Å². The fourth-order valence-corrected chi connectivity index (χ4v) is 3.59. The smallest absolute Gasteiger partial charge is 0.227 e. The molecule has 130 valence electrons. The summed E-state index contributed by atoms with van der Waals surface area (Å²) in [5.74, 6) is 0.966. The van der Waals surface area contributed by atoms with Gasteiger partial charge in [0, 0.05) is 30.1 Å². The van der Waals surface area contributed by atoms with Crippen molar-refractivity contribution >= 4 is 28.6 Å². The molecule has 26 heavy (non-hydrogen) atoms. The molecule has 6 nitrogen and oxygen atoms in total. The van der Waals surface area contributed by atoms with E-state index >= 15 is 0 Å². The van der Waals surface area contributed by atoms with Gasteiger partial charge in [-0.3, -0.25) is 4.79 Å². The second-order valence-electron chi connectivity index (χ2n) is 7.00. The van der Waals surface area contributed by atoms with E-state index in [2.05, 4.69) is 9.97 Å². The van der Waals surface area contributed by atoms with E-state index < -0.39 is 0 Å². The van der Waals surface area contributed by atoms with Gasteiger partial charge < -0.3 is 10.6 Å². The predicted octanol–water partition coefficient (Wildman–Crippen LogP) is 3.28. The van der Waals surface area contributed by atoms with Crippen LogP contribution in [0.4, 0.5) is 11.6 Å². The molecule has 0 radical (unpaired) electrons. The average Bonchev–Trinajstić information content (AvgIpc) is 3.42. The number of benzene rings is 1. The van der Waals surface area contributed by atoms with Crippen molar-refractivity contribution in [2.45, 2.75) is 31.6 Å². The van der Waals surface area contributed by atoms with E-state index in [1.54, 1.807) is 0 Å². The Morgan fingerprint density at radius 1 is 1.00 bits per heavy atom. The Labute approximate surface area is 151 Å². The summed E-state index contributed by atoms with van der Waals surface area (Å²) >= 11 is 0. The fourth-order valence-electron chi connectivity index (χ4n) is 3.59. The van der Waals surface area contributed by atoms with Gasteiger partial charge in [0.15, 0.2) is 0 Å². The molecule has 1 saturated carbocycles. The molecule has 1 aliphatic carbocycles. The van der Waals surface area contributed by atoms with E-state index in [0.717, 1.165) is 59.5 Å². The molecule has 5 rings (SSSR count). The van der Waals surface area contributed by atoms with Crippen LogP contribution in [0.25, 0.3) is 22.3 Å². The van der Waals surface area contributed by atoms with Crippen molar-refractivity contribution in [1.29, 1.82) is 0 Å². The van der Waals surface area contributed by atoms with Crippen LogP contribution in [-0.2, 0) is 4.79 Å². The maximum Gasteiger partial charge on any atom is 0.227 e. The van der Waals surface area contributed by atoms with Crippen LogP contribution >= 0.6 is 0 Å². The van der Waals surface area contributed by atoms with Crippen LogP contribution in [0.15, 0.2) is 36.4 Å². The normalized spacial score (nSPS) is 17.2. The molecule has 0 atom stereocenters. The average molecular weight is 345 g/mol. The van der Waals surface area contributed by atoms with Crippen molar-refractivity contribution in [2.75, 3.05) is 17.2 Å². The number of rotatable bonds is 3. The minimum atomic E-state index is 0.199. The number of nitrogen functional groups attached to an aromatic ring is 1. The second-order valence-corrected chi connectivity index (χ2v) is 7.00. The third-order valence-electron chi connectivity index (χ3n) is 5.10. The van der Waals surface area contributed by atoms with Crippen molar-refractivity contribution < 1.29 is 4.79 Å². The molecule has 3 aromatic rings. The van der Waals surface area contributed by atoms with Crippen molar-refractivity contribution in [3.8, 4) is 11.3 Å². The molecule has 2 aliphatic rings. The van der Waals surface area contributed by atoms with Crippen LogP contribution in [0.5, 0.6) is 0 Å². The van der Waals surface area contributed by atoms with Crippen molar-refractivity contribution in [3.05, 3.63) is 42.1 Å². The molecule has 0 bridgehead atoms. The van der Waals surface area contributed by atoms with Crippen molar-refractivity contribution in [3.63, 3.8) is 0 Å². The van der Waals surface area contributed by atoms with Gasteiger partial charge >= 0.3 is 0 Å². The minimum Gasteiger partial charge on any atom is -0.368 e. The van der Waals surface area contributed by atoms with Crippen LogP contribution < -0.4 is 10.6 Å². The summed E-state index contributed by atoms with van der Waals surface area (Å²) in [5, 5.41) is 0. The molecule has 2 N–H and O–H groups in total. The molecule has 2 aromatic heterocycles. The van der Waals surface area contributed by atoms with E-state index in [1.807, 2.05) is 41.3 Å². The minimum absolute atomic E-state index is 0.199. The summed E-state index contributed by atoms with van der Waals surface area (Å²) in [4.78, 5) is 27.3. The highest BCUT2D eigenvalue weighted by molar-refractivity contribution is 5.95. The molecule has 1 saturated heterocycles. The maximum atomic E-state index is 11.9. The first-order valence-electron chi connectivity index (χ1n) is 9.04. The zero-order valence-electron chi connectivity index (χ0n) is 14.4. The highest BCUT2D eigenvalue weighted by Gasteiger charge is 2.28. The van der Waals surface area contributed by atoms with E-state index in [4.69, 9.17) is 10.7 Å². The van der Waals surface area contributed by atoms with Crippen LogP contribution in [0, 0.1) is 0 Å². The first-order valence-corrected chi connectivity index (χ1v) is 9.04. The Morgan fingerprint density at radius 2 is 1.81 bits per heavy atom. The lowest BCUT2D eigenvalue weighted by Gasteiger charge is -2.16. The number of carbonyl (C=O) groups is 1. The predicted molar refractivity (Wildman–Crippen MR) is 101 cm³/mol. The molecule has 3 heterocycles. The molecular weight excluding hydrogens is 326 g/mol. The second kappa shape index (κ2) is 5.76. The van der Waals surface area contributed by atoms with E-state index in [9.17, 15) is 4.79 Å². The van der Waals surface area contributed by atoms with E-state index in [-0.39, 0.29) is 5.91 Å². The van der Waals surface area contributed by atoms with Crippen molar-refractivity contribution in [2.24, 2.45) is 0 Å². The number of nitrogens with two attached hydrogens (primary N) is 1. The summed E-state index contributed by atoms with van der Waals surface area (Å²) in [5.41, 5.74) is 11.3. The first kappa shape index (κ1) is 15.3. The van der Waals surface area contributed by atoms with Gasteiger partial charge in [-0.1, -0.05) is 12.1 Å². The fraction of sp³-hybridized carbons (Fsp3) is 0.300. The Kier molecular flexibility index (Phi) is 3.38. The van der Waals surface area contributed by atoms with Crippen LogP contribution in [0.2, 0.25) is 0 Å². The molecule has 1 amide bonds. The standard InChI is InChI=1S/C20H19N5O/c21-20-23-16-10-9-15(22-19(16)18(24-20)13-3-4-13)12-5-7-14(8-6-12)25-11-1-2-17(25)26/h5-10,13H,1-4,11H2,(H2,21,23,24). The van der Waals surface area contributed by atoms with Crippen LogP contribution in [0.1, 0.15) is 37.3 Å². The number of fused-ring (bicyclic) bond motifs is 1. The third kappa shape index (κ3) is 2.58. The Morgan fingerprint density at radius 3 is 2.50 bits per heavy atom. The van der Waals surface area contributed by atoms with Gasteiger partial charge in [0.25, 0.3) is 0 Å². The van der Waals surface area contributed by atoms with Crippen LogP contribution in [0.3, 0.4) is 0 Å². The lowest BCUT2D eigenvalue weighted by Crippen LogP contribution is -2.23. The van der Waals surface area contributed by atoms with Gasteiger partial charge in [0.2, 0.25) is 11.9 Å². The zero-order valence-corrected chi connectivity index (χ0v) is 14.4. The van der Waals surface area contributed by atoms with Gasteiger partial charge in [-0.2, -0.15) is 0 Å². The zero-order chi connectivity index (χ0) is 17.7. The van der Waals surface area contributed by atoms with Gasteiger partial charge in [-0.05, 0) is 43.5 Å². The largest absolute Gasteiger partial charge is 0.368 e. The Hall–Kier alpha value is -3.02. The maximum absolute atomic E-state index is 11.9. The number of carbonyl (C=O) groups excluding carboxylic acids is 1. The van der Waals surface area contributed by atoms with Crippen molar-refractivity contribution in [1.82, 2.24) is 15.0 Å². The van der Waals surface area contributed by atoms with Gasteiger partial charge in [0.1, 0.15) is 5.52 Å². The van der Waals surface area contributed by atoms with Gasteiger partial charge in [0.05, 0.1) is 16.9 Å². The first-order chi connectivity index (χ1) is 12.7. The lowest BCUT2D eigenvalue weighted by molar-refractivity contribution is -0.117. The molecule has 0 unspecified atom stereocenters. The highest BCUT2D eigenvalue weighted by Crippen LogP contribution is 2.41. The SMILES string of the molecule is Nc1nc(C2CC2)c2nc(-c3ccc(N4CCCC4=O)cc3)ccc2n1. The molecule has 0 spiro atoms. The molecule has 6 heteroatoms. The molecule has 1 aromatic carbocycles. The highest BCUT2D eigenvalue weighted by atomic mass is 16.2. The van der Waals surface area contributed by atoms with Crippen LogP contribution in [-0.4, -0.2) is 27.4 Å². The number of hydrogen-bond acceptors (Lipinski definition) is 5. The Bertz CT molecular complexity index is 1010. The number of anilines is 2. The number of pyridine rings is 1. The summed E-state index contributed by atoms with van der Waals surface area (Å²) < 4.78 is 0. The quantitative estimate of drug-likeness (QED) is 0.787. The van der Waals surface area contributed by atoms with Gasteiger partial charge in [-0.15, -0.1) is 0 Å². The lowest BCUT2D eigenvalue weighted by atomic mass is 10.1. The topological polar surface area (TPSA) is 85.0 Å². The van der Waals surface area contributed by atoms with E-state index in [1.165, 1.54) is 0 Å². The molecule has 2 fully saturated rings. The number of nitrogens with zero attached hydrogens (tertiary/aromatic N) is 4. The number of hydrogen-bond donors (Lipinski definition) is 1. The summed E-state index contributed by atoms with van der Waals surface area (Å²) in [7, 11) is 0. The van der Waals surface area contributed by atoms with Gasteiger partial charge in [-0.25, -0.2) is 15.0 Å². The number of amides is 1. The number of aromatic nitrogens is 3. The Balaban J connectivity index is 1.53. The molecule has 1 aliphatic heterocycles. The third-order valence-corrected chi connectivity index (χ3v) is 5.10. The summed E-state index contributed by atoms with van der Waals surface area (Å²) in [6.07, 6.45) is 3.84. The summed E-state index contributed by atoms with van der Waals surface area (Å²) in [6.45, 7) is 0.802. The monoisotopic (exact) mass is 345 g/mol. The summed E-state index contributed by atoms with van der Waals surface area (Å²) in [6, 6.07) is 11.9.